The average Bonchev–Trinajstić information content (AvgIpc) is 2.55. The van der Waals surface area contributed by atoms with Crippen LogP contribution in [0.3, 0.4) is 0 Å². The standard InChI is InChI=1S/C20H25NO2/c1-4-15-7-11-18(12-8-15)20(2,3)14-21-13-16-5-9-17(10-6-16)19(22)23/h5-12,21H,4,13-14H2,1-3H3,(H,22,23). The summed E-state index contributed by atoms with van der Waals surface area (Å²) in [5.74, 6) is -0.888. The number of aryl methyl sites for hydroxylation is 1. The molecule has 3 nitrogen and oxygen atoms in total. The Labute approximate surface area is 138 Å². The van der Waals surface area contributed by atoms with Crippen LogP contribution in [0.25, 0.3) is 0 Å². The van der Waals surface area contributed by atoms with E-state index < -0.39 is 5.97 Å². The molecule has 2 aromatic rings. The minimum absolute atomic E-state index is 0.0489. The fraction of sp³-hybridized carbons (Fsp3) is 0.350. The van der Waals surface area contributed by atoms with Crippen LogP contribution in [0.5, 0.6) is 0 Å². The van der Waals surface area contributed by atoms with Gasteiger partial charge in [0.2, 0.25) is 0 Å². The van der Waals surface area contributed by atoms with E-state index in [0.717, 1.165) is 25.1 Å². The van der Waals surface area contributed by atoms with Crippen LogP contribution in [-0.4, -0.2) is 17.6 Å². The molecule has 0 aliphatic carbocycles. The maximum atomic E-state index is 10.8. The van der Waals surface area contributed by atoms with Crippen LogP contribution in [-0.2, 0) is 18.4 Å². The van der Waals surface area contributed by atoms with Crippen molar-refractivity contribution in [3.05, 3.63) is 70.8 Å². The first-order valence-corrected chi connectivity index (χ1v) is 8.05. The summed E-state index contributed by atoms with van der Waals surface area (Å²) in [7, 11) is 0. The number of hydrogen-bond acceptors (Lipinski definition) is 2. The minimum Gasteiger partial charge on any atom is -0.478 e. The first-order chi connectivity index (χ1) is 10.9. The Balaban J connectivity index is 1.92. The highest BCUT2D eigenvalue weighted by molar-refractivity contribution is 5.87. The molecule has 0 aliphatic heterocycles. The summed E-state index contributed by atoms with van der Waals surface area (Å²) in [6.07, 6.45) is 1.06. The van der Waals surface area contributed by atoms with Crippen molar-refractivity contribution in [2.24, 2.45) is 0 Å². The van der Waals surface area contributed by atoms with E-state index in [4.69, 9.17) is 5.11 Å². The van der Waals surface area contributed by atoms with Gasteiger partial charge in [0.25, 0.3) is 0 Å². The Bertz CT molecular complexity index is 642. The van der Waals surface area contributed by atoms with Crippen LogP contribution in [0.1, 0.15) is 47.8 Å². The third-order valence-corrected chi connectivity index (χ3v) is 4.24. The van der Waals surface area contributed by atoms with Gasteiger partial charge in [0.1, 0.15) is 0 Å². The first-order valence-electron chi connectivity index (χ1n) is 8.05. The van der Waals surface area contributed by atoms with E-state index in [9.17, 15) is 4.79 Å². The number of rotatable bonds is 7. The number of carbonyl (C=O) groups is 1. The molecule has 2 rings (SSSR count). The van der Waals surface area contributed by atoms with Crippen molar-refractivity contribution in [1.82, 2.24) is 5.32 Å². The molecule has 2 aromatic carbocycles. The van der Waals surface area contributed by atoms with Gasteiger partial charge in [0.05, 0.1) is 5.56 Å². The molecule has 0 saturated carbocycles. The van der Waals surface area contributed by atoms with Crippen molar-refractivity contribution in [2.75, 3.05) is 6.54 Å². The Hall–Kier alpha value is -2.13. The van der Waals surface area contributed by atoms with E-state index in [1.807, 2.05) is 12.1 Å². The fourth-order valence-corrected chi connectivity index (χ4v) is 2.58. The zero-order valence-electron chi connectivity index (χ0n) is 14.1. The first kappa shape index (κ1) is 17.2. The topological polar surface area (TPSA) is 49.3 Å². The van der Waals surface area contributed by atoms with Crippen LogP contribution >= 0.6 is 0 Å². The van der Waals surface area contributed by atoms with Crippen molar-refractivity contribution in [3.63, 3.8) is 0 Å². The van der Waals surface area contributed by atoms with Crippen LogP contribution in [0, 0.1) is 0 Å². The highest BCUT2D eigenvalue weighted by atomic mass is 16.4. The number of aromatic carboxylic acids is 1. The van der Waals surface area contributed by atoms with Gasteiger partial charge in [-0.15, -0.1) is 0 Å². The molecule has 23 heavy (non-hydrogen) atoms. The van der Waals surface area contributed by atoms with E-state index in [-0.39, 0.29) is 5.41 Å². The molecule has 0 bridgehead atoms. The van der Waals surface area contributed by atoms with Gasteiger partial charge in [-0.2, -0.15) is 0 Å². The summed E-state index contributed by atoms with van der Waals surface area (Å²) < 4.78 is 0. The van der Waals surface area contributed by atoms with Crippen molar-refractivity contribution < 1.29 is 9.90 Å². The monoisotopic (exact) mass is 311 g/mol. The molecule has 0 fully saturated rings. The molecule has 0 aromatic heterocycles. The highest BCUT2D eigenvalue weighted by Gasteiger charge is 2.19. The number of nitrogens with one attached hydrogen (secondary N) is 1. The lowest BCUT2D eigenvalue weighted by Crippen LogP contribution is -2.32. The molecule has 0 heterocycles. The summed E-state index contributed by atoms with van der Waals surface area (Å²) in [4.78, 5) is 10.8. The van der Waals surface area contributed by atoms with Gasteiger partial charge < -0.3 is 10.4 Å². The second-order valence-corrected chi connectivity index (χ2v) is 6.54. The molecule has 122 valence electrons. The molecular weight excluding hydrogens is 286 g/mol. The second-order valence-electron chi connectivity index (χ2n) is 6.54. The highest BCUT2D eigenvalue weighted by Crippen LogP contribution is 2.23. The quantitative estimate of drug-likeness (QED) is 0.812. The lowest BCUT2D eigenvalue weighted by atomic mass is 9.84. The predicted molar refractivity (Wildman–Crippen MR) is 94.0 cm³/mol. The average molecular weight is 311 g/mol. The normalized spacial score (nSPS) is 11.4. The fourth-order valence-electron chi connectivity index (χ4n) is 2.58. The van der Waals surface area contributed by atoms with Gasteiger partial charge >= 0.3 is 5.97 Å². The van der Waals surface area contributed by atoms with Gasteiger partial charge in [-0.1, -0.05) is 57.2 Å². The lowest BCUT2D eigenvalue weighted by molar-refractivity contribution is 0.0697. The molecular formula is C20H25NO2. The molecule has 0 unspecified atom stereocenters. The summed E-state index contributed by atoms with van der Waals surface area (Å²) in [6.45, 7) is 8.22. The van der Waals surface area contributed by atoms with E-state index in [2.05, 4.69) is 50.4 Å². The van der Waals surface area contributed by atoms with E-state index in [1.54, 1.807) is 12.1 Å². The van der Waals surface area contributed by atoms with Gasteiger partial charge in [-0.05, 0) is 35.2 Å². The molecule has 0 aliphatic rings. The Morgan fingerprint density at radius 3 is 2.09 bits per heavy atom. The summed E-state index contributed by atoms with van der Waals surface area (Å²) >= 11 is 0. The number of carboxylic acid groups (broad SMARTS) is 1. The van der Waals surface area contributed by atoms with E-state index in [0.29, 0.717) is 5.56 Å². The van der Waals surface area contributed by atoms with Crippen molar-refractivity contribution >= 4 is 5.97 Å². The molecule has 2 N–H and O–H groups in total. The number of carboxylic acids is 1. The van der Waals surface area contributed by atoms with Gasteiger partial charge in [-0.3, -0.25) is 0 Å². The van der Waals surface area contributed by atoms with Crippen molar-refractivity contribution in [1.29, 1.82) is 0 Å². The summed E-state index contributed by atoms with van der Waals surface area (Å²) in [5, 5.41) is 12.4. The van der Waals surface area contributed by atoms with Gasteiger partial charge in [0, 0.05) is 18.5 Å². The minimum atomic E-state index is -0.888. The molecule has 0 radical (unpaired) electrons. The predicted octanol–water partition coefficient (Wildman–Crippen LogP) is 4.01. The summed E-state index contributed by atoms with van der Waals surface area (Å²) in [6, 6.07) is 15.8. The molecule has 3 heteroatoms. The molecule has 0 saturated heterocycles. The van der Waals surface area contributed by atoms with Crippen molar-refractivity contribution in [2.45, 2.75) is 39.2 Å². The third-order valence-electron chi connectivity index (χ3n) is 4.24. The van der Waals surface area contributed by atoms with Crippen molar-refractivity contribution in [3.8, 4) is 0 Å². The van der Waals surface area contributed by atoms with Gasteiger partial charge in [-0.25, -0.2) is 4.79 Å². The van der Waals surface area contributed by atoms with Gasteiger partial charge in [0.15, 0.2) is 0 Å². The maximum Gasteiger partial charge on any atom is 0.335 e. The summed E-state index contributed by atoms with van der Waals surface area (Å²) in [5.41, 5.74) is 4.14. The Kier molecular flexibility index (Phi) is 5.56. The van der Waals surface area contributed by atoms with Crippen LogP contribution in [0.4, 0.5) is 0 Å². The second kappa shape index (κ2) is 7.42. The number of benzene rings is 2. The molecule has 0 amide bonds. The smallest absolute Gasteiger partial charge is 0.335 e. The Morgan fingerprint density at radius 1 is 1.00 bits per heavy atom. The zero-order chi connectivity index (χ0) is 16.9. The van der Waals surface area contributed by atoms with E-state index >= 15 is 0 Å². The Morgan fingerprint density at radius 2 is 1.57 bits per heavy atom. The van der Waals surface area contributed by atoms with Crippen LogP contribution < -0.4 is 5.32 Å². The van der Waals surface area contributed by atoms with Crippen LogP contribution in [0.2, 0.25) is 0 Å². The lowest BCUT2D eigenvalue weighted by Gasteiger charge is -2.26. The number of hydrogen-bond donors (Lipinski definition) is 2. The zero-order valence-corrected chi connectivity index (χ0v) is 14.1. The maximum absolute atomic E-state index is 10.8. The SMILES string of the molecule is CCc1ccc(C(C)(C)CNCc2ccc(C(=O)O)cc2)cc1. The molecule has 0 spiro atoms. The largest absolute Gasteiger partial charge is 0.478 e. The third kappa shape index (κ3) is 4.67. The van der Waals surface area contributed by atoms with Crippen LogP contribution in [0.15, 0.2) is 48.5 Å². The van der Waals surface area contributed by atoms with E-state index in [1.165, 1.54) is 11.1 Å². The molecule has 0 atom stereocenters.